The molecule has 0 radical (unpaired) electrons. The van der Waals surface area contributed by atoms with Crippen LogP contribution in [0.1, 0.15) is 0 Å². The van der Waals surface area contributed by atoms with Crippen molar-refractivity contribution in [2.24, 2.45) is 0 Å². The van der Waals surface area contributed by atoms with Crippen molar-refractivity contribution in [3.05, 3.63) is 97.3 Å². The summed E-state index contributed by atoms with van der Waals surface area (Å²) in [4.78, 5) is 4.46. The molecule has 0 atom stereocenters. The lowest BCUT2D eigenvalue weighted by atomic mass is 10.0. The highest BCUT2D eigenvalue weighted by Crippen LogP contribution is 2.51. The Morgan fingerprint density at radius 1 is 0.576 bits per heavy atom. The Kier molecular flexibility index (Phi) is 3.45. The van der Waals surface area contributed by atoms with Crippen molar-refractivity contribution in [1.29, 1.82) is 0 Å². The highest BCUT2D eigenvalue weighted by atomic mass is 32.1. The van der Waals surface area contributed by atoms with Gasteiger partial charge in [0.15, 0.2) is 0 Å². The minimum absolute atomic E-state index is 1.10. The summed E-state index contributed by atoms with van der Waals surface area (Å²) in [5.41, 5.74) is 3.62. The number of pyridine rings is 1. The largest absolute Gasteiger partial charge is 0.306 e. The smallest absolute Gasteiger partial charge is 0.0735 e. The fraction of sp³-hybridized carbons (Fsp3) is 0. The minimum Gasteiger partial charge on any atom is -0.306 e. The summed E-state index contributed by atoms with van der Waals surface area (Å²) in [6.07, 6.45) is 3.82. The van der Waals surface area contributed by atoms with Gasteiger partial charge >= 0.3 is 0 Å². The first-order chi connectivity index (χ1) is 16.4. The van der Waals surface area contributed by atoms with E-state index in [1.807, 2.05) is 41.1 Å². The topological polar surface area (TPSA) is 17.8 Å². The summed E-state index contributed by atoms with van der Waals surface area (Å²) in [6, 6.07) is 30.7. The molecule has 0 amide bonds. The number of benzene rings is 4. The Hall–Kier alpha value is -3.73. The fourth-order valence-electron chi connectivity index (χ4n) is 5.37. The Labute approximate surface area is 196 Å². The van der Waals surface area contributed by atoms with Crippen molar-refractivity contribution < 1.29 is 0 Å². The van der Waals surface area contributed by atoms with E-state index in [9.17, 15) is 0 Å². The van der Waals surface area contributed by atoms with Crippen molar-refractivity contribution in [3.8, 4) is 5.69 Å². The second-order valence-electron chi connectivity index (χ2n) is 8.39. The van der Waals surface area contributed by atoms with Gasteiger partial charge in [0.1, 0.15) is 0 Å². The van der Waals surface area contributed by atoms with Gasteiger partial charge in [0.05, 0.1) is 27.6 Å². The van der Waals surface area contributed by atoms with Crippen LogP contribution in [0.4, 0.5) is 0 Å². The third kappa shape index (κ3) is 2.24. The Morgan fingerprint density at radius 3 is 1.94 bits per heavy atom. The van der Waals surface area contributed by atoms with Crippen LogP contribution in [0.3, 0.4) is 0 Å². The highest BCUT2D eigenvalue weighted by Gasteiger charge is 2.23. The molecular weight excluding hydrogens is 440 g/mol. The number of rotatable bonds is 1. The van der Waals surface area contributed by atoms with Crippen LogP contribution >= 0.6 is 22.7 Å². The van der Waals surface area contributed by atoms with Gasteiger partial charge in [-0.2, -0.15) is 0 Å². The van der Waals surface area contributed by atoms with Gasteiger partial charge in [0, 0.05) is 52.6 Å². The van der Waals surface area contributed by atoms with Crippen molar-refractivity contribution in [1.82, 2.24) is 9.55 Å². The standard InChI is InChI=1S/C29H16N2S2/c1-4-12-21-18(9-1)26-27(31(21)17-8-7-15-30-16-17)29-25(20-11-3-6-14-23(20)33-29)24-19-10-2-5-13-22(19)32-28(24)26/h1-16H. The molecule has 4 aromatic heterocycles. The van der Waals surface area contributed by atoms with Crippen molar-refractivity contribution in [2.45, 2.75) is 0 Å². The lowest BCUT2D eigenvalue weighted by Crippen LogP contribution is -1.94. The van der Waals surface area contributed by atoms with Crippen molar-refractivity contribution in [3.63, 3.8) is 0 Å². The third-order valence-corrected chi connectivity index (χ3v) is 9.03. The van der Waals surface area contributed by atoms with Crippen LogP contribution in [0.5, 0.6) is 0 Å². The van der Waals surface area contributed by atoms with Gasteiger partial charge in [-0.1, -0.05) is 54.6 Å². The zero-order chi connectivity index (χ0) is 21.5. The number of aromatic nitrogens is 2. The lowest BCUT2D eigenvalue weighted by molar-refractivity contribution is 1.15. The Morgan fingerprint density at radius 2 is 1.21 bits per heavy atom. The molecular formula is C29H16N2S2. The van der Waals surface area contributed by atoms with E-state index >= 15 is 0 Å². The van der Waals surface area contributed by atoms with E-state index in [0.717, 1.165) is 5.69 Å². The maximum absolute atomic E-state index is 4.46. The summed E-state index contributed by atoms with van der Waals surface area (Å²) < 4.78 is 7.82. The predicted molar refractivity (Wildman–Crippen MR) is 144 cm³/mol. The summed E-state index contributed by atoms with van der Waals surface area (Å²) in [6.45, 7) is 0. The van der Waals surface area contributed by atoms with Gasteiger partial charge in [-0.15, -0.1) is 22.7 Å². The summed E-state index contributed by atoms with van der Waals surface area (Å²) in [7, 11) is 0. The molecule has 0 bridgehead atoms. The maximum Gasteiger partial charge on any atom is 0.0735 e. The SMILES string of the molecule is c1cncc(-n2c3ccccc3c3c4sc5ccccc5c4c4c5ccccc5sc4c32)c1. The molecule has 0 N–H and O–H groups in total. The first-order valence-corrected chi connectivity index (χ1v) is 12.6. The number of para-hydroxylation sites is 1. The monoisotopic (exact) mass is 456 g/mol. The molecule has 0 spiro atoms. The first-order valence-electron chi connectivity index (χ1n) is 11.0. The molecule has 0 aliphatic heterocycles. The predicted octanol–water partition coefficient (Wildman–Crippen LogP) is 8.91. The van der Waals surface area contributed by atoms with Gasteiger partial charge in [-0.05, 0) is 30.3 Å². The Balaban J connectivity index is 1.80. The lowest BCUT2D eigenvalue weighted by Gasteiger charge is -2.08. The molecule has 0 saturated heterocycles. The van der Waals surface area contributed by atoms with Crippen LogP contribution in [0.2, 0.25) is 0 Å². The van der Waals surface area contributed by atoms with Gasteiger partial charge in [-0.25, -0.2) is 0 Å². The van der Waals surface area contributed by atoms with E-state index in [2.05, 4.69) is 88.4 Å². The number of fused-ring (bicyclic) bond motifs is 12. The summed E-state index contributed by atoms with van der Waals surface area (Å²) in [5.74, 6) is 0. The van der Waals surface area contributed by atoms with Crippen LogP contribution in [0.15, 0.2) is 97.3 Å². The average Bonchev–Trinajstić information content (AvgIpc) is 3.53. The molecule has 0 aliphatic carbocycles. The van der Waals surface area contributed by atoms with E-state index in [1.165, 1.54) is 62.2 Å². The molecule has 0 fully saturated rings. The fourth-order valence-corrected chi connectivity index (χ4v) is 7.89. The van der Waals surface area contributed by atoms with E-state index in [0.29, 0.717) is 0 Å². The van der Waals surface area contributed by atoms with E-state index in [1.54, 1.807) is 0 Å². The van der Waals surface area contributed by atoms with Crippen molar-refractivity contribution in [2.75, 3.05) is 0 Å². The molecule has 0 aliphatic rings. The van der Waals surface area contributed by atoms with E-state index < -0.39 is 0 Å². The van der Waals surface area contributed by atoms with Crippen LogP contribution < -0.4 is 0 Å². The number of hydrogen-bond acceptors (Lipinski definition) is 3. The zero-order valence-electron chi connectivity index (χ0n) is 17.4. The summed E-state index contributed by atoms with van der Waals surface area (Å²) >= 11 is 3.82. The van der Waals surface area contributed by atoms with Crippen LogP contribution in [-0.4, -0.2) is 9.55 Å². The number of hydrogen-bond donors (Lipinski definition) is 0. The van der Waals surface area contributed by atoms with E-state index in [-0.39, 0.29) is 0 Å². The highest BCUT2D eigenvalue weighted by molar-refractivity contribution is 7.29. The van der Waals surface area contributed by atoms with Gasteiger partial charge in [0.2, 0.25) is 0 Å². The zero-order valence-corrected chi connectivity index (χ0v) is 19.1. The van der Waals surface area contributed by atoms with Crippen LogP contribution in [-0.2, 0) is 0 Å². The normalized spacial score (nSPS) is 12.2. The second-order valence-corrected chi connectivity index (χ2v) is 10.5. The Bertz CT molecular complexity index is 2020. The van der Waals surface area contributed by atoms with Gasteiger partial charge < -0.3 is 4.57 Å². The molecule has 8 rings (SSSR count). The molecule has 4 heterocycles. The molecule has 33 heavy (non-hydrogen) atoms. The van der Waals surface area contributed by atoms with Crippen LogP contribution in [0, 0.1) is 0 Å². The molecule has 0 unspecified atom stereocenters. The second kappa shape index (κ2) is 6.41. The average molecular weight is 457 g/mol. The molecule has 2 nitrogen and oxygen atoms in total. The van der Waals surface area contributed by atoms with Gasteiger partial charge in [-0.3, -0.25) is 4.98 Å². The number of nitrogens with zero attached hydrogens (tertiary/aromatic N) is 2. The molecule has 4 aromatic carbocycles. The number of thiophene rings is 2. The van der Waals surface area contributed by atoms with Crippen LogP contribution in [0.25, 0.3) is 67.8 Å². The van der Waals surface area contributed by atoms with Gasteiger partial charge in [0.25, 0.3) is 0 Å². The quantitative estimate of drug-likeness (QED) is 0.241. The molecule has 154 valence electrons. The molecule has 0 saturated carbocycles. The first kappa shape index (κ1) is 17.8. The minimum atomic E-state index is 1.10. The molecule has 4 heteroatoms. The van der Waals surface area contributed by atoms with Crippen molar-refractivity contribution >= 4 is 84.8 Å². The summed E-state index contributed by atoms with van der Waals surface area (Å²) in [5, 5.41) is 8.12. The maximum atomic E-state index is 4.46. The van der Waals surface area contributed by atoms with E-state index in [4.69, 9.17) is 0 Å². The third-order valence-electron chi connectivity index (χ3n) is 6.66. The molecule has 8 aromatic rings.